The van der Waals surface area contributed by atoms with Crippen LogP contribution in [0.1, 0.15) is 36.4 Å². The van der Waals surface area contributed by atoms with Gasteiger partial charge in [0.05, 0.1) is 6.04 Å². The number of benzene rings is 1. The number of halogens is 1. The molecule has 0 saturated carbocycles. The Morgan fingerprint density at radius 2 is 2.29 bits per heavy atom. The molecular formula is C13H17FN2O. The van der Waals surface area contributed by atoms with Gasteiger partial charge in [-0.2, -0.15) is 0 Å². The van der Waals surface area contributed by atoms with Crippen LogP contribution >= 0.6 is 0 Å². The zero-order chi connectivity index (χ0) is 12.3. The summed E-state index contributed by atoms with van der Waals surface area (Å²) in [6.07, 6.45) is 3.94. The van der Waals surface area contributed by atoms with Crippen LogP contribution in [-0.2, 0) is 11.3 Å². The molecule has 1 heterocycles. The van der Waals surface area contributed by atoms with E-state index in [0.29, 0.717) is 6.54 Å². The quantitative estimate of drug-likeness (QED) is 0.815. The fourth-order valence-corrected chi connectivity index (χ4v) is 2.49. The van der Waals surface area contributed by atoms with Crippen molar-refractivity contribution in [3.63, 3.8) is 0 Å². The summed E-state index contributed by atoms with van der Waals surface area (Å²) in [6, 6.07) is 4.71. The highest BCUT2D eigenvalue weighted by Crippen LogP contribution is 2.31. The van der Waals surface area contributed by atoms with E-state index in [2.05, 4.69) is 0 Å². The first-order valence-electron chi connectivity index (χ1n) is 5.95. The number of hydrogen-bond donors (Lipinski definition) is 1. The van der Waals surface area contributed by atoms with Crippen LogP contribution in [0.2, 0.25) is 0 Å². The van der Waals surface area contributed by atoms with E-state index in [-0.39, 0.29) is 11.9 Å². The molecule has 1 aliphatic heterocycles. The minimum Gasteiger partial charge on any atom is -0.338 e. The van der Waals surface area contributed by atoms with Crippen molar-refractivity contribution in [2.45, 2.75) is 31.8 Å². The molecule has 1 unspecified atom stereocenters. The Bertz CT molecular complexity index is 408. The van der Waals surface area contributed by atoms with Crippen LogP contribution in [0.3, 0.4) is 0 Å². The Morgan fingerprint density at radius 1 is 1.47 bits per heavy atom. The molecule has 2 rings (SSSR count). The summed E-state index contributed by atoms with van der Waals surface area (Å²) in [5, 5.41) is 0. The zero-order valence-electron chi connectivity index (χ0n) is 9.73. The van der Waals surface area contributed by atoms with Crippen LogP contribution in [-0.4, -0.2) is 17.9 Å². The first-order chi connectivity index (χ1) is 8.26. The Morgan fingerprint density at radius 3 is 3.00 bits per heavy atom. The summed E-state index contributed by atoms with van der Waals surface area (Å²) in [5.74, 6) is -0.275. The normalized spacial score (nSPS) is 20.4. The lowest BCUT2D eigenvalue weighted by Crippen LogP contribution is -2.32. The first kappa shape index (κ1) is 12.0. The van der Waals surface area contributed by atoms with Gasteiger partial charge in [0.1, 0.15) is 5.82 Å². The lowest BCUT2D eigenvalue weighted by atomic mass is 9.92. The molecule has 0 aliphatic carbocycles. The molecule has 1 aromatic rings. The fourth-order valence-electron chi connectivity index (χ4n) is 2.49. The lowest BCUT2D eigenvalue weighted by Gasteiger charge is -2.34. The molecule has 1 saturated heterocycles. The van der Waals surface area contributed by atoms with Crippen LogP contribution < -0.4 is 5.73 Å². The average Bonchev–Trinajstić information content (AvgIpc) is 2.38. The van der Waals surface area contributed by atoms with E-state index in [1.54, 1.807) is 11.0 Å². The largest absolute Gasteiger partial charge is 0.338 e. The van der Waals surface area contributed by atoms with Crippen LogP contribution in [0.25, 0.3) is 0 Å². The number of nitrogens with two attached hydrogens (primary N) is 1. The van der Waals surface area contributed by atoms with Gasteiger partial charge in [-0.1, -0.05) is 6.07 Å². The van der Waals surface area contributed by atoms with Gasteiger partial charge in [-0.05, 0) is 42.5 Å². The summed E-state index contributed by atoms with van der Waals surface area (Å²) in [7, 11) is 0. The maximum Gasteiger partial charge on any atom is 0.210 e. The molecule has 1 amide bonds. The van der Waals surface area contributed by atoms with E-state index in [1.807, 2.05) is 0 Å². The molecule has 17 heavy (non-hydrogen) atoms. The highest BCUT2D eigenvalue weighted by atomic mass is 19.1. The van der Waals surface area contributed by atoms with E-state index in [4.69, 9.17) is 5.73 Å². The van der Waals surface area contributed by atoms with Gasteiger partial charge in [0.15, 0.2) is 0 Å². The minimum absolute atomic E-state index is 0.0559. The van der Waals surface area contributed by atoms with E-state index in [9.17, 15) is 9.18 Å². The molecule has 0 spiro atoms. The maximum absolute atomic E-state index is 13.1. The Hall–Kier alpha value is -1.42. The van der Waals surface area contributed by atoms with Crippen molar-refractivity contribution in [2.24, 2.45) is 5.73 Å². The minimum atomic E-state index is -0.275. The number of likely N-dealkylation sites (tertiary alicyclic amines) is 1. The molecule has 1 atom stereocenters. The number of rotatable bonds is 3. The summed E-state index contributed by atoms with van der Waals surface area (Å²) in [4.78, 5) is 12.8. The van der Waals surface area contributed by atoms with Gasteiger partial charge in [-0.25, -0.2) is 4.39 Å². The highest BCUT2D eigenvalue weighted by Gasteiger charge is 2.24. The van der Waals surface area contributed by atoms with E-state index < -0.39 is 0 Å². The third-order valence-corrected chi connectivity index (χ3v) is 3.36. The van der Waals surface area contributed by atoms with Gasteiger partial charge < -0.3 is 10.6 Å². The van der Waals surface area contributed by atoms with Gasteiger partial charge in [0.2, 0.25) is 6.41 Å². The molecule has 4 heteroatoms. The van der Waals surface area contributed by atoms with Crippen LogP contribution in [0.5, 0.6) is 0 Å². The second kappa shape index (κ2) is 5.27. The average molecular weight is 236 g/mol. The fraction of sp³-hybridized carbons (Fsp3) is 0.462. The SMILES string of the molecule is NCc1cc(F)ccc1C1CCCCN1C=O. The van der Waals surface area contributed by atoms with Gasteiger partial charge in [-0.15, -0.1) is 0 Å². The number of nitrogens with zero attached hydrogens (tertiary/aromatic N) is 1. The van der Waals surface area contributed by atoms with Gasteiger partial charge in [0.25, 0.3) is 0 Å². The van der Waals surface area contributed by atoms with Crippen molar-refractivity contribution >= 4 is 6.41 Å². The molecule has 1 fully saturated rings. The molecule has 3 nitrogen and oxygen atoms in total. The number of carbonyl (C=O) groups excluding carboxylic acids is 1. The Labute approximate surface area is 100 Å². The van der Waals surface area contributed by atoms with Crippen LogP contribution in [0.4, 0.5) is 4.39 Å². The third kappa shape index (κ3) is 2.47. The topological polar surface area (TPSA) is 46.3 Å². The predicted molar refractivity (Wildman–Crippen MR) is 63.7 cm³/mol. The Balaban J connectivity index is 2.33. The highest BCUT2D eigenvalue weighted by molar-refractivity contribution is 5.49. The van der Waals surface area contributed by atoms with Crippen molar-refractivity contribution in [3.8, 4) is 0 Å². The van der Waals surface area contributed by atoms with Crippen LogP contribution in [0.15, 0.2) is 18.2 Å². The number of amides is 1. The summed E-state index contributed by atoms with van der Waals surface area (Å²) < 4.78 is 13.1. The number of hydrogen-bond acceptors (Lipinski definition) is 2. The van der Waals surface area contributed by atoms with Crippen molar-refractivity contribution in [2.75, 3.05) is 6.54 Å². The molecule has 0 radical (unpaired) electrons. The molecule has 1 aromatic carbocycles. The van der Waals surface area contributed by atoms with Gasteiger partial charge in [0, 0.05) is 13.1 Å². The van der Waals surface area contributed by atoms with E-state index in [1.165, 1.54) is 12.1 Å². The summed E-state index contributed by atoms with van der Waals surface area (Å²) >= 11 is 0. The zero-order valence-corrected chi connectivity index (χ0v) is 9.73. The molecule has 0 aromatic heterocycles. The van der Waals surface area contributed by atoms with E-state index in [0.717, 1.165) is 43.3 Å². The lowest BCUT2D eigenvalue weighted by molar-refractivity contribution is -0.121. The van der Waals surface area contributed by atoms with Gasteiger partial charge >= 0.3 is 0 Å². The molecule has 2 N–H and O–H groups in total. The van der Waals surface area contributed by atoms with E-state index >= 15 is 0 Å². The smallest absolute Gasteiger partial charge is 0.210 e. The first-order valence-corrected chi connectivity index (χ1v) is 5.95. The van der Waals surface area contributed by atoms with Crippen LogP contribution in [0, 0.1) is 5.82 Å². The van der Waals surface area contributed by atoms with Crippen molar-refractivity contribution < 1.29 is 9.18 Å². The second-order valence-electron chi connectivity index (χ2n) is 4.40. The summed E-state index contributed by atoms with van der Waals surface area (Å²) in [6.45, 7) is 1.08. The van der Waals surface area contributed by atoms with Crippen molar-refractivity contribution in [3.05, 3.63) is 35.1 Å². The summed E-state index contributed by atoms with van der Waals surface area (Å²) in [5.41, 5.74) is 7.42. The molecule has 1 aliphatic rings. The van der Waals surface area contributed by atoms with Crippen molar-refractivity contribution in [1.29, 1.82) is 0 Å². The molecule has 92 valence electrons. The number of carbonyl (C=O) groups is 1. The molecular weight excluding hydrogens is 219 g/mol. The molecule has 0 bridgehead atoms. The predicted octanol–water partition coefficient (Wildman–Crippen LogP) is 1.97. The third-order valence-electron chi connectivity index (χ3n) is 3.36. The standard InChI is InChI=1S/C13H17FN2O/c14-11-4-5-12(10(7-11)8-15)13-3-1-2-6-16(13)9-17/h4-5,7,9,13H,1-3,6,8,15H2. The Kier molecular flexibility index (Phi) is 3.74. The van der Waals surface area contributed by atoms with Crippen molar-refractivity contribution in [1.82, 2.24) is 4.90 Å². The van der Waals surface area contributed by atoms with Gasteiger partial charge in [-0.3, -0.25) is 4.79 Å². The monoisotopic (exact) mass is 236 g/mol. The number of piperidine rings is 1. The maximum atomic E-state index is 13.1. The second-order valence-corrected chi connectivity index (χ2v) is 4.40.